The molecule has 0 fully saturated rings. The van der Waals surface area contributed by atoms with Gasteiger partial charge in [0.25, 0.3) is 0 Å². The lowest BCUT2D eigenvalue weighted by molar-refractivity contribution is -0.143. The number of alkyl halides is 6. The summed E-state index contributed by atoms with van der Waals surface area (Å²) < 4.78 is 80.7. The summed E-state index contributed by atoms with van der Waals surface area (Å²) in [5.74, 6) is 11.9. The van der Waals surface area contributed by atoms with Gasteiger partial charge in [-0.1, -0.05) is 60.1 Å². The Morgan fingerprint density at radius 2 is 0.923 bits per heavy atom. The number of nitrogens with zero attached hydrogens (tertiary/aromatic N) is 3. The highest BCUT2D eigenvalue weighted by atomic mass is 19.4. The van der Waals surface area contributed by atoms with Gasteiger partial charge < -0.3 is 0 Å². The topological polar surface area (TPSA) is 30.7 Å². The number of hydrogen-bond donors (Lipinski definition) is 0. The minimum absolute atomic E-state index is 0.0558. The van der Waals surface area contributed by atoms with Crippen LogP contribution in [-0.4, -0.2) is 15.0 Å². The van der Waals surface area contributed by atoms with E-state index in [2.05, 4.69) is 33.9 Å². The molecule has 0 bridgehead atoms. The lowest BCUT2D eigenvalue weighted by Gasteiger charge is -2.13. The Labute approximate surface area is 218 Å². The van der Waals surface area contributed by atoms with Crippen molar-refractivity contribution in [3.8, 4) is 29.4 Å². The first kappa shape index (κ1) is 25.6. The fraction of sp³-hybridized carbons (Fsp3) is 0.0667. The SMILES string of the molecule is FC(F)(F)c1cc(-n2nc3c(C#Cc4ccccc4)ccc(C#Cc4ccccc4)c3n2)cc(C(F)(F)F)c1. The smallest absolute Gasteiger partial charge is 0.166 e. The van der Waals surface area contributed by atoms with E-state index in [0.717, 1.165) is 4.80 Å². The number of halogens is 6. The lowest BCUT2D eigenvalue weighted by atomic mass is 10.1. The Morgan fingerprint density at radius 1 is 0.513 bits per heavy atom. The molecule has 4 aromatic carbocycles. The Bertz CT molecular complexity index is 1650. The van der Waals surface area contributed by atoms with E-state index >= 15 is 0 Å². The molecule has 1 heterocycles. The summed E-state index contributed by atoms with van der Waals surface area (Å²) in [4.78, 5) is 0.747. The van der Waals surface area contributed by atoms with E-state index in [-0.39, 0.29) is 17.1 Å². The molecule has 0 spiro atoms. The molecule has 0 aliphatic heterocycles. The number of rotatable bonds is 1. The molecule has 0 atom stereocenters. The van der Waals surface area contributed by atoms with E-state index in [9.17, 15) is 26.3 Å². The predicted octanol–water partition coefficient (Wildman–Crippen LogP) is 7.26. The molecule has 1 aromatic heterocycles. The largest absolute Gasteiger partial charge is 0.416 e. The average molecular weight is 531 g/mol. The molecule has 3 nitrogen and oxygen atoms in total. The summed E-state index contributed by atoms with van der Waals surface area (Å²) in [5.41, 5.74) is -0.895. The van der Waals surface area contributed by atoms with E-state index in [1.165, 1.54) is 0 Å². The van der Waals surface area contributed by atoms with Gasteiger partial charge in [0.1, 0.15) is 11.0 Å². The Morgan fingerprint density at radius 3 is 1.31 bits per heavy atom. The highest BCUT2D eigenvalue weighted by molar-refractivity contribution is 5.86. The average Bonchev–Trinajstić information content (AvgIpc) is 3.37. The van der Waals surface area contributed by atoms with Crippen molar-refractivity contribution in [2.24, 2.45) is 0 Å². The van der Waals surface area contributed by atoms with Crippen LogP contribution < -0.4 is 0 Å². The molecule has 39 heavy (non-hydrogen) atoms. The second-order valence-electron chi connectivity index (χ2n) is 8.34. The number of hydrogen-bond acceptors (Lipinski definition) is 2. The molecule has 9 heteroatoms. The molecule has 0 unspecified atom stereocenters. The fourth-order valence-electron chi connectivity index (χ4n) is 3.69. The molecule has 5 rings (SSSR count). The van der Waals surface area contributed by atoms with Crippen LogP contribution in [0.3, 0.4) is 0 Å². The van der Waals surface area contributed by atoms with Gasteiger partial charge in [0, 0.05) is 11.1 Å². The fourth-order valence-corrected chi connectivity index (χ4v) is 3.69. The summed E-state index contributed by atoms with van der Waals surface area (Å²) in [6.07, 6.45) is -10.0. The second kappa shape index (κ2) is 10.0. The van der Waals surface area contributed by atoms with Gasteiger partial charge >= 0.3 is 12.4 Å². The van der Waals surface area contributed by atoms with Gasteiger partial charge in [0.05, 0.1) is 27.9 Å². The van der Waals surface area contributed by atoms with Gasteiger partial charge in [-0.15, -0.1) is 10.2 Å². The third-order valence-electron chi connectivity index (χ3n) is 5.57. The van der Waals surface area contributed by atoms with Crippen LogP contribution in [-0.2, 0) is 12.4 Å². The van der Waals surface area contributed by atoms with Gasteiger partial charge in [-0.25, -0.2) is 0 Å². The zero-order valence-electron chi connectivity index (χ0n) is 19.8. The van der Waals surface area contributed by atoms with Crippen LogP contribution in [0.5, 0.6) is 0 Å². The predicted molar refractivity (Wildman–Crippen MR) is 134 cm³/mol. The van der Waals surface area contributed by atoms with Gasteiger partial charge in [-0.05, 0) is 54.6 Å². The first-order valence-electron chi connectivity index (χ1n) is 11.4. The van der Waals surface area contributed by atoms with Crippen LogP contribution in [0.25, 0.3) is 16.7 Å². The van der Waals surface area contributed by atoms with Crippen molar-refractivity contribution < 1.29 is 26.3 Å². The van der Waals surface area contributed by atoms with E-state index in [1.807, 2.05) is 36.4 Å². The van der Waals surface area contributed by atoms with Gasteiger partial charge in [0.2, 0.25) is 0 Å². The lowest BCUT2D eigenvalue weighted by Crippen LogP contribution is -2.13. The summed E-state index contributed by atoms with van der Waals surface area (Å²) >= 11 is 0. The maximum Gasteiger partial charge on any atom is 0.416 e. The monoisotopic (exact) mass is 531 g/mol. The van der Waals surface area contributed by atoms with E-state index in [4.69, 9.17) is 0 Å². The first-order chi connectivity index (χ1) is 18.6. The molecule has 0 saturated heterocycles. The summed E-state index contributed by atoms with van der Waals surface area (Å²) in [7, 11) is 0. The molecule has 5 aromatic rings. The minimum Gasteiger partial charge on any atom is -0.166 e. The Kier molecular flexibility index (Phi) is 6.59. The minimum atomic E-state index is -5.01. The van der Waals surface area contributed by atoms with Crippen LogP contribution in [0.4, 0.5) is 26.3 Å². The molecule has 0 N–H and O–H groups in total. The van der Waals surface area contributed by atoms with Crippen molar-refractivity contribution in [2.45, 2.75) is 12.4 Å². The number of fused-ring (bicyclic) bond motifs is 1. The van der Waals surface area contributed by atoms with Crippen molar-refractivity contribution in [1.82, 2.24) is 15.0 Å². The van der Waals surface area contributed by atoms with Crippen molar-refractivity contribution in [3.63, 3.8) is 0 Å². The second-order valence-corrected chi connectivity index (χ2v) is 8.34. The molecule has 0 amide bonds. The highest BCUT2D eigenvalue weighted by Gasteiger charge is 2.37. The summed E-state index contributed by atoms with van der Waals surface area (Å²) in [6.45, 7) is 0. The van der Waals surface area contributed by atoms with Crippen LogP contribution in [0.15, 0.2) is 91.0 Å². The summed E-state index contributed by atoms with van der Waals surface area (Å²) in [6, 6.07) is 22.5. The van der Waals surface area contributed by atoms with Crippen molar-refractivity contribution in [2.75, 3.05) is 0 Å². The quantitative estimate of drug-likeness (QED) is 0.168. The van der Waals surface area contributed by atoms with Gasteiger partial charge in [-0.2, -0.15) is 31.1 Å². The third-order valence-corrected chi connectivity index (χ3v) is 5.57. The molecule has 192 valence electrons. The van der Waals surface area contributed by atoms with E-state index in [0.29, 0.717) is 34.4 Å². The van der Waals surface area contributed by atoms with E-state index in [1.54, 1.807) is 36.4 Å². The molecular weight excluding hydrogens is 516 g/mol. The zero-order chi connectivity index (χ0) is 27.6. The van der Waals surface area contributed by atoms with Crippen molar-refractivity contribution in [1.29, 1.82) is 0 Å². The van der Waals surface area contributed by atoms with Gasteiger partial charge in [-0.3, -0.25) is 0 Å². The molecule has 0 aliphatic carbocycles. The first-order valence-corrected chi connectivity index (χ1v) is 11.4. The molecule has 0 aliphatic rings. The normalized spacial score (nSPS) is 11.4. The van der Waals surface area contributed by atoms with Crippen LogP contribution in [0.2, 0.25) is 0 Å². The van der Waals surface area contributed by atoms with Crippen LogP contribution >= 0.6 is 0 Å². The van der Waals surface area contributed by atoms with Crippen molar-refractivity contribution in [3.05, 3.63) is 124 Å². The Balaban J connectivity index is 1.71. The summed E-state index contributed by atoms with van der Waals surface area (Å²) in [5, 5.41) is 8.52. The molecular formula is C30H15F6N3. The molecule has 0 radical (unpaired) electrons. The number of benzene rings is 4. The standard InChI is InChI=1S/C30H15F6N3/c31-29(32,33)24-17-25(30(34,35)36)19-26(18-24)39-37-27-22(13-11-20-7-3-1-4-8-20)15-16-23(28(27)38-39)14-12-21-9-5-2-6-10-21/h1-10,15-19H. The zero-order valence-corrected chi connectivity index (χ0v) is 19.8. The van der Waals surface area contributed by atoms with Crippen LogP contribution in [0, 0.1) is 23.7 Å². The maximum absolute atomic E-state index is 13.5. The number of aromatic nitrogens is 3. The van der Waals surface area contributed by atoms with Crippen molar-refractivity contribution >= 4 is 11.0 Å². The van der Waals surface area contributed by atoms with Crippen LogP contribution in [0.1, 0.15) is 33.4 Å². The third kappa shape index (κ3) is 5.78. The van der Waals surface area contributed by atoms with E-state index < -0.39 is 29.2 Å². The Hall–Kier alpha value is -5.02. The van der Waals surface area contributed by atoms with Gasteiger partial charge in [0.15, 0.2) is 0 Å². The maximum atomic E-state index is 13.5. The molecule has 0 saturated carbocycles. The highest BCUT2D eigenvalue weighted by Crippen LogP contribution is 2.37.